The standard InChI is InChI=1S/C15H17N/c1-4-10(2)14-7-13-12(9-16-14)11-5-6-15(13,3)8-11/h4,7,9,11H,1-2,5-6,8H2,3H3. The second-order valence-corrected chi connectivity index (χ2v) is 5.39. The van der Waals surface area contributed by atoms with Gasteiger partial charge < -0.3 is 0 Å². The van der Waals surface area contributed by atoms with E-state index in [-0.39, 0.29) is 0 Å². The molecular formula is C15H17N. The van der Waals surface area contributed by atoms with E-state index >= 15 is 0 Å². The molecule has 0 aromatic carbocycles. The first-order chi connectivity index (χ1) is 7.64. The zero-order chi connectivity index (χ0) is 11.3. The van der Waals surface area contributed by atoms with Crippen molar-refractivity contribution in [3.63, 3.8) is 0 Å². The summed E-state index contributed by atoms with van der Waals surface area (Å²) in [6, 6.07) is 2.23. The van der Waals surface area contributed by atoms with E-state index in [9.17, 15) is 0 Å². The summed E-state index contributed by atoms with van der Waals surface area (Å²) in [4.78, 5) is 4.50. The highest BCUT2D eigenvalue weighted by atomic mass is 14.7. The third-order valence-electron chi connectivity index (χ3n) is 4.34. The van der Waals surface area contributed by atoms with Gasteiger partial charge >= 0.3 is 0 Å². The van der Waals surface area contributed by atoms with Gasteiger partial charge in [-0.25, -0.2) is 0 Å². The summed E-state index contributed by atoms with van der Waals surface area (Å²) in [7, 11) is 0. The molecule has 1 heteroatoms. The Morgan fingerprint density at radius 3 is 3.19 bits per heavy atom. The minimum Gasteiger partial charge on any atom is -0.256 e. The summed E-state index contributed by atoms with van der Waals surface area (Å²) in [5, 5.41) is 0. The number of hydrogen-bond donors (Lipinski definition) is 0. The number of pyridine rings is 1. The SMILES string of the molecule is C=CC(=C)c1cc2c(cn1)C1CCC2(C)C1. The van der Waals surface area contributed by atoms with Crippen molar-refractivity contribution in [3.05, 3.63) is 48.3 Å². The van der Waals surface area contributed by atoms with Crippen molar-refractivity contribution < 1.29 is 0 Å². The second-order valence-electron chi connectivity index (χ2n) is 5.39. The van der Waals surface area contributed by atoms with Crippen LogP contribution in [0.5, 0.6) is 0 Å². The molecule has 1 saturated carbocycles. The number of aromatic nitrogens is 1. The summed E-state index contributed by atoms with van der Waals surface area (Å²) < 4.78 is 0. The van der Waals surface area contributed by atoms with Crippen LogP contribution in [0.15, 0.2) is 31.5 Å². The Kier molecular flexibility index (Phi) is 1.88. The van der Waals surface area contributed by atoms with E-state index in [0.717, 1.165) is 17.2 Å². The van der Waals surface area contributed by atoms with Gasteiger partial charge in [-0.3, -0.25) is 4.98 Å². The number of nitrogens with zero attached hydrogens (tertiary/aromatic N) is 1. The molecular weight excluding hydrogens is 194 g/mol. The fourth-order valence-electron chi connectivity index (χ4n) is 3.34. The maximum atomic E-state index is 4.50. The number of fused-ring (bicyclic) bond motifs is 5. The quantitative estimate of drug-likeness (QED) is 0.678. The third-order valence-corrected chi connectivity index (χ3v) is 4.34. The third kappa shape index (κ3) is 1.14. The monoisotopic (exact) mass is 211 g/mol. The van der Waals surface area contributed by atoms with Gasteiger partial charge in [0.15, 0.2) is 0 Å². The summed E-state index contributed by atoms with van der Waals surface area (Å²) >= 11 is 0. The number of allylic oxidation sites excluding steroid dienone is 2. The molecule has 2 atom stereocenters. The first-order valence-electron chi connectivity index (χ1n) is 5.96. The molecule has 0 N–H and O–H groups in total. The van der Waals surface area contributed by atoms with Crippen molar-refractivity contribution in [3.8, 4) is 0 Å². The molecule has 1 heterocycles. The molecule has 1 fully saturated rings. The normalized spacial score (nSPS) is 30.2. The van der Waals surface area contributed by atoms with Crippen molar-refractivity contribution in [1.82, 2.24) is 4.98 Å². The lowest BCUT2D eigenvalue weighted by Crippen LogP contribution is -2.16. The Balaban J connectivity index is 2.13. The lowest BCUT2D eigenvalue weighted by atomic mass is 9.81. The van der Waals surface area contributed by atoms with Crippen molar-refractivity contribution in [1.29, 1.82) is 0 Å². The first-order valence-corrected chi connectivity index (χ1v) is 5.96. The summed E-state index contributed by atoms with van der Waals surface area (Å²) in [5.41, 5.74) is 5.31. The van der Waals surface area contributed by atoms with E-state index in [2.05, 4.69) is 37.3 Å². The number of hydrogen-bond acceptors (Lipinski definition) is 1. The van der Waals surface area contributed by atoms with Crippen molar-refractivity contribution in [2.75, 3.05) is 0 Å². The van der Waals surface area contributed by atoms with Crippen LogP contribution >= 0.6 is 0 Å². The van der Waals surface area contributed by atoms with Crippen LogP contribution in [0.25, 0.3) is 5.57 Å². The largest absolute Gasteiger partial charge is 0.256 e. The molecule has 0 amide bonds. The van der Waals surface area contributed by atoms with Gasteiger partial charge in [-0.2, -0.15) is 0 Å². The van der Waals surface area contributed by atoms with Crippen molar-refractivity contribution in [2.45, 2.75) is 37.5 Å². The van der Waals surface area contributed by atoms with E-state index in [4.69, 9.17) is 0 Å². The topological polar surface area (TPSA) is 12.9 Å². The zero-order valence-corrected chi connectivity index (χ0v) is 9.79. The van der Waals surface area contributed by atoms with Gasteiger partial charge in [0.2, 0.25) is 0 Å². The van der Waals surface area contributed by atoms with E-state index in [0.29, 0.717) is 5.41 Å². The molecule has 0 spiro atoms. The Hall–Kier alpha value is -1.37. The van der Waals surface area contributed by atoms with Crippen LogP contribution in [0.4, 0.5) is 0 Å². The van der Waals surface area contributed by atoms with Crippen LogP contribution in [0.3, 0.4) is 0 Å². The van der Waals surface area contributed by atoms with Crippen LogP contribution in [0.2, 0.25) is 0 Å². The summed E-state index contributed by atoms with van der Waals surface area (Å²) in [6.45, 7) is 10.1. The first kappa shape index (κ1) is 9.83. The molecule has 1 aromatic rings. The smallest absolute Gasteiger partial charge is 0.0698 e. The van der Waals surface area contributed by atoms with Crippen LogP contribution in [0, 0.1) is 0 Å². The fourth-order valence-corrected chi connectivity index (χ4v) is 3.34. The molecule has 0 aliphatic heterocycles. The molecule has 2 bridgehead atoms. The van der Waals surface area contributed by atoms with Crippen LogP contribution in [-0.4, -0.2) is 4.98 Å². The molecule has 0 radical (unpaired) electrons. The fraction of sp³-hybridized carbons (Fsp3) is 0.400. The van der Waals surface area contributed by atoms with Gasteiger partial charge in [0.1, 0.15) is 0 Å². The van der Waals surface area contributed by atoms with Gasteiger partial charge in [-0.05, 0) is 53.4 Å². The van der Waals surface area contributed by atoms with Crippen molar-refractivity contribution >= 4 is 5.57 Å². The molecule has 16 heavy (non-hydrogen) atoms. The lowest BCUT2D eigenvalue weighted by Gasteiger charge is -2.24. The Morgan fingerprint density at radius 2 is 2.44 bits per heavy atom. The van der Waals surface area contributed by atoms with Crippen LogP contribution in [-0.2, 0) is 5.41 Å². The Labute approximate surface area is 96.9 Å². The van der Waals surface area contributed by atoms with Gasteiger partial charge in [0.05, 0.1) is 5.69 Å². The van der Waals surface area contributed by atoms with Gasteiger partial charge in [-0.15, -0.1) is 0 Å². The molecule has 3 rings (SSSR count). The van der Waals surface area contributed by atoms with E-state index in [1.165, 1.54) is 30.4 Å². The minimum atomic E-state index is 0.402. The lowest BCUT2D eigenvalue weighted by molar-refractivity contribution is 0.505. The van der Waals surface area contributed by atoms with Gasteiger partial charge in [0, 0.05) is 6.20 Å². The molecule has 2 aliphatic carbocycles. The summed E-state index contributed by atoms with van der Waals surface area (Å²) in [5.74, 6) is 0.763. The Morgan fingerprint density at radius 1 is 1.62 bits per heavy atom. The highest BCUT2D eigenvalue weighted by Crippen LogP contribution is 2.56. The highest BCUT2D eigenvalue weighted by molar-refractivity contribution is 5.70. The average Bonchev–Trinajstić information content (AvgIpc) is 2.82. The molecule has 2 unspecified atom stereocenters. The molecule has 0 saturated heterocycles. The van der Waals surface area contributed by atoms with E-state index < -0.39 is 0 Å². The molecule has 2 aliphatic rings. The summed E-state index contributed by atoms with van der Waals surface area (Å²) in [6.07, 6.45) is 7.83. The maximum Gasteiger partial charge on any atom is 0.0698 e. The maximum absolute atomic E-state index is 4.50. The van der Waals surface area contributed by atoms with Gasteiger partial charge in [0.25, 0.3) is 0 Å². The second kappa shape index (κ2) is 3.07. The van der Waals surface area contributed by atoms with Crippen LogP contribution < -0.4 is 0 Å². The Bertz CT molecular complexity index is 486. The van der Waals surface area contributed by atoms with E-state index in [1.807, 2.05) is 0 Å². The zero-order valence-electron chi connectivity index (χ0n) is 9.79. The number of rotatable bonds is 2. The molecule has 1 aromatic heterocycles. The van der Waals surface area contributed by atoms with Crippen molar-refractivity contribution in [2.24, 2.45) is 0 Å². The van der Waals surface area contributed by atoms with Crippen LogP contribution in [0.1, 0.15) is 48.9 Å². The predicted octanol–water partition coefficient (Wildman–Crippen LogP) is 3.82. The predicted molar refractivity (Wildman–Crippen MR) is 67.4 cm³/mol. The minimum absolute atomic E-state index is 0.402. The van der Waals surface area contributed by atoms with E-state index in [1.54, 1.807) is 6.08 Å². The molecule has 1 nitrogen and oxygen atoms in total. The van der Waals surface area contributed by atoms with Gasteiger partial charge in [-0.1, -0.05) is 26.2 Å². The molecule has 82 valence electrons. The average molecular weight is 211 g/mol. The highest BCUT2D eigenvalue weighted by Gasteiger charge is 2.45.